The van der Waals surface area contributed by atoms with E-state index in [1.807, 2.05) is 19.2 Å². The number of hydrogen-bond donors (Lipinski definition) is 1. The molecule has 2 aromatic carbocycles. The molecule has 3 heterocycles. The second-order valence-corrected chi connectivity index (χ2v) is 12.0. The highest BCUT2D eigenvalue weighted by molar-refractivity contribution is 6.30. The second kappa shape index (κ2) is 9.50. The first-order chi connectivity index (χ1) is 19.1. The summed E-state index contributed by atoms with van der Waals surface area (Å²) in [6.07, 6.45) is 4.72. The molecule has 1 saturated heterocycles. The van der Waals surface area contributed by atoms with Crippen LogP contribution in [0.3, 0.4) is 0 Å². The van der Waals surface area contributed by atoms with Crippen LogP contribution in [0.5, 0.6) is 5.75 Å². The van der Waals surface area contributed by atoms with Crippen molar-refractivity contribution in [3.05, 3.63) is 70.8 Å². The maximum Gasteiger partial charge on any atom is 0.338 e. The Labute approximate surface area is 239 Å². The van der Waals surface area contributed by atoms with Gasteiger partial charge < -0.3 is 24.2 Å². The minimum absolute atomic E-state index is 0.0336. The zero-order valence-corrected chi connectivity index (χ0v) is 24.0. The fourth-order valence-corrected chi connectivity index (χ4v) is 8.59. The molecule has 0 bridgehead atoms. The molecule has 8 nitrogen and oxygen atoms in total. The fourth-order valence-electron chi connectivity index (χ4n) is 8.46. The molecule has 1 N–H and O–H groups in total. The van der Waals surface area contributed by atoms with E-state index in [4.69, 9.17) is 25.8 Å². The third kappa shape index (κ3) is 3.58. The first kappa shape index (κ1) is 27.1. The van der Waals surface area contributed by atoms with Crippen molar-refractivity contribution in [2.45, 2.75) is 55.9 Å². The van der Waals surface area contributed by atoms with E-state index in [9.17, 15) is 14.7 Å². The first-order valence-electron chi connectivity index (χ1n) is 13.8. The van der Waals surface area contributed by atoms with Crippen LogP contribution in [0.2, 0.25) is 5.02 Å². The topological polar surface area (TPSA) is 88.5 Å². The number of benzene rings is 2. The average molecular weight is 567 g/mol. The number of carbonyl (C=O) groups excluding carboxylic acids is 2. The zero-order chi connectivity index (χ0) is 28.4. The standard InChI is InChI=1S/C31H35ClN2O6/c1-5-29-13-6-15-34-16-14-30(26(29)34)23-12-11-22(38-4)17-24(23)33(3)27(30)31(37,28(29)40-19(2)35)18-39-25(36)20-7-9-21(32)10-8-20/h6-13,17,26-28,37H,5,14-16,18H2,1-4H3/t26-,27+,28+,29?,30+,31-/m0/s1. The molecule has 4 aliphatic rings. The molecule has 9 heteroatoms. The summed E-state index contributed by atoms with van der Waals surface area (Å²) >= 11 is 6.01. The first-order valence-corrected chi connectivity index (χ1v) is 14.2. The van der Waals surface area contributed by atoms with Crippen LogP contribution in [0.25, 0.3) is 0 Å². The van der Waals surface area contributed by atoms with Crippen LogP contribution in [-0.4, -0.2) is 79.6 Å². The van der Waals surface area contributed by atoms with E-state index in [0.29, 0.717) is 17.0 Å². The molecule has 6 atom stereocenters. The number of aliphatic hydroxyl groups is 1. The van der Waals surface area contributed by atoms with E-state index in [0.717, 1.165) is 36.5 Å². The van der Waals surface area contributed by atoms with Gasteiger partial charge in [-0.1, -0.05) is 36.7 Å². The zero-order valence-electron chi connectivity index (χ0n) is 23.2. The molecule has 6 rings (SSSR count). The van der Waals surface area contributed by atoms with Crippen molar-refractivity contribution in [3.63, 3.8) is 0 Å². The summed E-state index contributed by atoms with van der Waals surface area (Å²) in [5, 5.41) is 13.5. The number of esters is 2. The van der Waals surface area contributed by atoms with Crippen molar-refractivity contribution in [1.29, 1.82) is 0 Å². The Bertz CT molecular complexity index is 1380. The molecule has 40 heavy (non-hydrogen) atoms. The molecule has 0 amide bonds. The van der Waals surface area contributed by atoms with Gasteiger partial charge in [0.2, 0.25) is 0 Å². The molecular formula is C31H35ClN2O6. The Morgan fingerprint density at radius 2 is 1.90 bits per heavy atom. The van der Waals surface area contributed by atoms with E-state index in [2.05, 4.69) is 34.9 Å². The predicted molar refractivity (Wildman–Crippen MR) is 151 cm³/mol. The number of methoxy groups -OCH3 is 1. The van der Waals surface area contributed by atoms with Crippen molar-refractivity contribution in [2.24, 2.45) is 5.41 Å². The van der Waals surface area contributed by atoms with Gasteiger partial charge >= 0.3 is 11.9 Å². The Morgan fingerprint density at radius 1 is 1.15 bits per heavy atom. The van der Waals surface area contributed by atoms with Crippen LogP contribution < -0.4 is 9.64 Å². The molecule has 212 valence electrons. The lowest BCUT2D eigenvalue weighted by Crippen LogP contribution is -2.80. The molecule has 2 fully saturated rings. The maximum atomic E-state index is 13.2. The molecule has 3 aliphatic heterocycles. The summed E-state index contributed by atoms with van der Waals surface area (Å²) in [4.78, 5) is 30.4. The molecule has 1 spiro atoms. The summed E-state index contributed by atoms with van der Waals surface area (Å²) in [7, 11) is 3.59. The highest BCUT2D eigenvalue weighted by Gasteiger charge is 2.78. The second-order valence-electron chi connectivity index (χ2n) is 11.5. The van der Waals surface area contributed by atoms with E-state index >= 15 is 0 Å². The van der Waals surface area contributed by atoms with Crippen molar-refractivity contribution < 1.29 is 28.9 Å². The lowest BCUT2D eigenvalue weighted by atomic mass is 9.48. The SMILES string of the molecule is CCC12C=CCN3CC[C@@]4(c5ccc(OC)cc5N(C)[C@H]4[C@@](O)(COC(=O)c4ccc(Cl)cc4)[C@@H]1OC(C)=O)[C@@H]32. The maximum absolute atomic E-state index is 13.2. The van der Waals surface area contributed by atoms with Gasteiger partial charge in [0.05, 0.1) is 18.7 Å². The number of fused-ring (bicyclic) bond motifs is 1. The predicted octanol–water partition coefficient (Wildman–Crippen LogP) is 3.98. The van der Waals surface area contributed by atoms with Crippen molar-refractivity contribution >= 4 is 29.2 Å². The van der Waals surface area contributed by atoms with E-state index in [-0.39, 0.29) is 12.6 Å². The number of halogens is 1. The summed E-state index contributed by atoms with van der Waals surface area (Å²) in [5.74, 6) is -0.355. The monoisotopic (exact) mass is 566 g/mol. The minimum atomic E-state index is -1.74. The molecular weight excluding hydrogens is 532 g/mol. The van der Waals surface area contributed by atoms with Crippen LogP contribution in [-0.2, 0) is 19.7 Å². The molecule has 1 saturated carbocycles. The Hall–Kier alpha value is -3.07. The molecule has 0 aromatic heterocycles. The van der Waals surface area contributed by atoms with Gasteiger partial charge in [0.25, 0.3) is 0 Å². The Kier molecular flexibility index (Phi) is 6.44. The van der Waals surface area contributed by atoms with Crippen LogP contribution in [0.15, 0.2) is 54.6 Å². The van der Waals surface area contributed by atoms with Crippen LogP contribution in [0.1, 0.15) is 42.6 Å². The van der Waals surface area contributed by atoms with Crippen LogP contribution in [0.4, 0.5) is 5.69 Å². The molecule has 1 unspecified atom stereocenters. The smallest absolute Gasteiger partial charge is 0.338 e. The average Bonchev–Trinajstić information content (AvgIpc) is 3.46. The van der Waals surface area contributed by atoms with Gasteiger partial charge in [0.1, 0.15) is 18.5 Å². The van der Waals surface area contributed by atoms with E-state index in [1.165, 1.54) is 6.92 Å². The molecule has 1 aliphatic carbocycles. The van der Waals surface area contributed by atoms with E-state index in [1.54, 1.807) is 31.4 Å². The number of anilines is 1. The van der Waals surface area contributed by atoms with Crippen molar-refractivity contribution in [3.8, 4) is 5.75 Å². The largest absolute Gasteiger partial charge is 0.497 e. The third-order valence-corrected chi connectivity index (χ3v) is 9.98. The van der Waals surface area contributed by atoms with Crippen molar-refractivity contribution in [1.82, 2.24) is 4.90 Å². The van der Waals surface area contributed by atoms with Crippen molar-refractivity contribution in [2.75, 3.05) is 38.8 Å². The normalized spacial score (nSPS) is 33.6. The van der Waals surface area contributed by atoms with Gasteiger partial charge in [-0.2, -0.15) is 0 Å². The third-order valence-electron chi connectivity index (χ3n) is 9.73. The van der Waals surface area contributed by atoms with Gasteiger partial charge in [0.15, 0.2) is 5.60 Å². The summed E-state index contributed by atoms with van der Waals surface area (Å²) in [5.41, 5.74) is -0.542. The van der Waals surface area contributed by atoms with Gasteiger partial charge in [-0.05, 0) is 55.3 Å². The fraction of sp³-hybridized carbons (Fsp3) is 0.484. The molecule has 2 aromatic rings. The quantitative estimate of drug-likeness (QED) is 0.415. The summed E-state index contributed by atoms with van der Waals surface area (Å²) in [6, 6.07) is 11.9. The van der Waals surface area contributed by atoms with Gasteiger partial charge in [-0.15, -0.1) is 0 Å². The van der Waals surface area contributed by atoms with Gasteiger partial charge in [-0.25, -0.2) is 4.79 Å². The Balaban J connectivity index is 1.53. The van der Waals surface area contributed by atoms with Gasteiger partial charge in [0, 0.05) is 54.2 Å². The highest BCUT2D eigenvalue weighted by atomic mass is 35.5. The minimum Gasteiger partial charge on any atom is -0.497 e. The van der Waals surface area contributed by atoms with Gasteiger partial charge in [-0.3, -0.25) is 9.69 Å². The lowest BCUT2D eigenvalue weighted by molar-refractivity contribution is -0.228. The summed E-state index contributed by atoms with van der Waals surface area (Å²) in [6.45, 7) is 4.70. The van der Waals surface area contributed by atoms with E-state index < -0.39 is 40.5 Å². The lowest BCUT2D eigenvalue weighted by Gasteiger charge is -2.64. The number of likely N-dealkylation sites (N-methyl/N-ethyl adjacent to an activating group) is 1. The molecule has 0 radical (unpaired) electrons. The number of nitrogens with zero attached hydrogens (tertiary/aromatic N) is 2. The van der Waals surface area contributed by atoms with Crippen LogP contribution in [0, 0.1) is 5.41 Å². The Morgan fingerprint density at radius 3 is 2.58 bits per heavy atom. The number of rotatable bonds is 6. The summed E-state index contributed by atoms with van der Waals surface area (Å²) < 4.78 is 17.6. The highest BCUT2D eigenvalue weighted by Crippen LogP contribution is 2.67. The van der Waals surface area contributed by atoms with Crippen LogP contribution >= 0.6 is 11.6 Å². The number of carbonyl (C=O) groups is 2. The number of hydrogen-bond acceptors (Lipinski definition) is 8. The number of ether oxygens (including phenoxy) is 3.